The van der Waals surface area contributed by atoms with E-state index in [0.717, 1.165) is 18.2 Å². The Hall–Kier alpha value is 0.307. The lowest BCUT2D eigenvalue weighted by Gasteiger charge is -2.24. The van der Waals surface area contributed by atoms with Crippen LogP contribution in [0.4, 0.5) is 0 Å². The van der Waals surface area contributed by atoms with Crippen molar-refractivity contribution in [3.05, 3.63) is 10.1 Å². The van der Waals surface area contributed by atoms with Crippen LogP contribution in [0.1, 0.15) is 34.1 Å². The minimum atomic E-state index is -3.56. The average molecular weight is 373 g/mol. The summed E-state index contributed by atoms with van der Waals surface area (Å²) < 4.78 is 34.0. The first-order chi connectivity index (χ1) is 8.32. The van der Waals surface area contributed by atoms with Gasteiger partial charge in [0.05, 0.1) is 6.26 Å². The highest BCUT2D eigenvalue weighted by atomic mass is 79.9. The molecule has 0 aromatic carbocycles. The van der Waals surface area contributed by atoms with Gasteiger partial charge in [0.15, 0.2) is 15.3 Å². The summed E-state index contributed by atoms with van der Waals surface area (Å²) in [5.41, 5.74) is 1.16. The van der Waals surface area contributed by atoms with Gasteiger partial charge < -0.3 is 4.43 Å². The first-order valence-corrected chi connectivity index (χ1v) is 11.6. The Morgan fingerprint density at radius 3 is 2.11 bits per heavy atom. The maximum Gasteiger partial charge on any atom is 0.267 e. The fraction of sp³-hybridized carbons (Fsp3) is 0.833. The molecule has 0 aliphatic heterocycles. The van der Waals surface area contributed by atoms with Gasteiger partial charge in [-0.2, -0.15) is 8.42 Å². The maximum absolute atomic E-state index is 11.3. The number of hydrogen-bond donors (Lipinski definition) is 0. The smallest absolute Gasteiger partial charge is 0.267 e. The van der Waals surface area contributed by atoms with Crippen molar-refractivity contribution in [1.82, 2.24) is 0 Å². The Labute approximate surface area is 127 Å². The molecule has 0 aliphatic rings. The fourth-order valence-electron chi connectivity index (χ4n) is 1.61. The second kappa shape index (κ2) is 7.35. The molecule has 114 valence electrons. The van der Waals surface area contributed by atoms with E-state index >= 15 is 0 Å². The molecule has 0 heterocycles. The van der Waals surface area contributed by atoms with Crippen molar-refractivity contribution in [2.75, 3.05) is 6.26 Å². The van der Waals surface area contributed by atoms with Gasteiger partial charge in [-0.15, -0.1) is 0 Å². The van der Waals surface area contributed by atoms with E-state index in [0.29, 0.717) is 4.48 Å². The highest BCUT2D eigenvalue weighted by molar-refractivity contribution is 9.11. The summed E-state index contributed by atoms with van der Waals surface area (Å²) in [6.07, 6.45) is 1.01. The zero-order valence-corrected chi connectivity index (χ0v) is 16.3. The molecule has 1 atom stereocenters. The summed E-state index contributed by atoms with van der Waals surface area (Å²) in [5, 5.41) is 0. The lowest BCUT2D eigenvalue weighted by molar-refractivity contribution is 0.0499. The number of allylic oxidation sites excluding steroid dienone is 1. The molecule has 0 spiro atoms. The van der Waals surface area contributed by atoms with Crippen molar-refractivity contribution in [2.45, 2.75) is 53.5 Å². The summed E-state index contributed by atoms with van der Waals surface area (Å²) in [6.45, 7) is 12.3. The largest absolute Gasteiger partial charge is 0.391 e. The van der Waals surface area contributed by atoms with Gasteiger partial charge in [-0.25, -0.2) is 4.18 Å². The molecular weight excluding hydrogens is 348 g/mol. The predicted molar refractivity (Wildman–Crippen MR) is 85.4 cm³/mol. The van der Waals surface area contributed by atoms with Crippen molar-refractivity contribution >= 4 is 35.1 Å². The Morgan fingerprint density at radius 2 is 1.79 bits per heavy atom. The number of rotatable bonds is 6. The van der Waals surface area contributed by atoms with Crippen LogP contribution in [0.15, 0.2) is 10.1 Å². The molecule has 0 fully saturated rings. The van der Waals surface area contributed by atoms with Gasteiger partial charge in [0.1, 0.15) is 0 Å². The van der Waals surface area contributed by atoms with E-state index in [1.54, 1.807) is 0 Å². The third-order valence-electron chi connectivity index (χ3n) is 2.07. The van der Waals surface area contributed by atoms with Gasteiger partial charge in [-0.05, 0) is 31.9 Å². The van der Waals surface area contributed by atoms with Crippen LogP contribution in [0.5, 0.6) is 0 Å². The second-order valence-corrected chi connectivity index (χ2v) is 11.0. The van der Waals surface area contributed by atoms with E-state index in [-0.39, 0.29) is 5.41 Å². The van der Waals surface area contributed by atoms with Gasteiger partial charge in [-0.1, -0.05) is 42.3 Å². The van der Waals surface area contributed by atoms with Gasteiger partial charge in [-0.3, -0.25) is 0 Å². The number of hydrogen-bond acceptors (Lipinski definition) is 4. The molecule has 0 saturated carbocycles. The van der Waals surface area contributed by atoms with Gasteiger partial charge in [0, 0.05) is 4.48 Å². The van der Waals surface area contributed by atoms with Crippen LogP contribution in [0, 0.1) is 5.41 Å². The molecule has 7 heteroatoms. The van der Waals surface area contributed by atoms with Crippen LogP contribution in [0.2, 0.25) is 13.1 Å². The van der Waals surface area contributed by atoms with Crippen molar-refractivity contribution in [3.8, 4) is 0 Å². The lowest BCUT2D eigenvalue weighted by atomic mass is 9.88. The van der Waals surface area contributed by atoms with Crippen LogP contribution < -0.4 is 0 Å². The summed E-state index contributed by atoms with van der Waals surface area (Å²) in [6, 6.07) is 0. The van der Waals surface area contributed by atoms with Crippen LogP contribution in [0.25, 0.3) is 0 Å². The van der Waals surface area contributed by atoms with Crippen molar-refractivity contribution in [2.24, 2.45) is 5.41 Å². The van der Waals surface area contributed by atoms with E-state index in [1.807, 2.05) is 20.0 Å². The van der Waals surface area contributed by atoms with E-state index < -0.39 is 25.4 Å². The molecular formula is C12H25BrO4SSi. The van der Waals surface area contributed by atoms with Crippen LogP contribution in [0.3, 0.4) is 0 Å². The Balaban J connectivity index is 5.18. The molecule has 0 radical (unpaired) electrons. The minimum Gasteiger partial charge on any atom is -0.391 e. The molecule has 0 rings (SSSR count). The molecule has 1 unspecified atom stereocenters. The maximum atomic E-state index is 11.3. The fourth-order valence-corrected chi connectivity index (χ4v) is 3.50. The van der Waals surface area contributed by atoms with Crippen LogP contribution >= 0.6 is 15.9 Å². The monoisotopic (exact) mass is 372 g/mol. The highest BCUT2D eigenvalue weighted by Crippen LogP contribution is 2.30. The molecule has 0 aliphatic carbocycles. The van der Waals surface area contributed by atoms with E-state index in [2.05, 4.69) is 36.7 Å². The molecule has 0 N–H and O–H groups in total. The molecule has 0 aromatic heterocycles. The van der Waals surface area contributed by atoms with Crippen LogP contribution in [-0.4, -0.2) is 30.0 Å². The summed E-state index contributed by atoms with van der Waals surface area (Å²) in [7, 11) is -4.98. The minimum absolute atomic E-state index is 0.119. The molecule has 0 saturated heterocycles. The second-order valence-electron chi connectivity index (χ2n) is 6.18. The Morgan fingerprint density at radius 1 is 1.32 bits per heavy atom. The SMILES string of the molecule is CC(CC(C)(C)C)=C(Br)C(O[SiH](C)C)OS(C)(=O)=O. The molecule has 4 nitrogen and oxygen atoms in total. The zero-order chi connectivity index (χ0) is 15.4. The van der Waals surface area contributed by atoms with E-state index in [4.69, 9.17) is 8.61 Å². The van der Waals surface area contributed by atoms with Crippen LogP contribution in [-0.2, 0) is 18.7 Å². The van der Waals surface area contributed by atoms with Crippen molar-refractivity contribution in [3.63, 3.8) is 0 Å². The normalized spacial score (nSPS) is 16.5. The molecule has 0 aromatic rings. The predicted octanol–water partition coefficient (Wildman–Crippen LogP) is 3.39. The Kier molecular flexibility index (Phi) is 7.47. The number of halogens is 1. The van der Waals surface area contributed by atoms with Gasteiger partial charge in [0.2, 0.25) is 0 Å². The molecule has 19 heavy (non-hydrogen) atoms. The quantitative estimate of drug-likeness (QED) is 0.407. The molecule has 0 bridgehead atoms. The van der Waals surface area contributed by atoms with Gasteiger partial charge >= 0.3 is 0 Å². The lowest BCUT2D eigenvalue weighted by Crippen LogP contribution is -2.27. The van der Waals surface area contributed by atoms with Gasteiger partial charge in [0.25, 0.3) is 10.1 Å². The van der Waals surface area contributed by atoms with Crippen molar-refractivity contribution in [1.29, 1.82) is 0 Å². The third-order valence-corrected chi connectivity index (χ3v) is 4.43. The highest BCUT2D eigenvalue weighted by Gasteiger charge is 2.24. The first-order valence-electron chi connectivity index (χ1n) is 6.20. The topological polar surface area (TPSA) is 52.6 Å². The van der Waals surface area contributed by atoms with Crippen molar-refractivity contribution < 1.29 is 17.0 Å². The average Bonchev–Trinajstić information content (AvgIpc) is 2.09. The first kappa shape index (κ1) is 19.3. The standard InChI is InChI=1S/C12H25BrO4SSi/c1-9(8-12(2,3)4)10(13)11(17-19(6)7)16-18(5,14)15/h11,19H,8H2,1-7H3. The summed E-state index contributed by atoms with van der Waals surface area (Å²) in [5.74, 6) is 0. The summed E-state index contributed by atoms with van der Waals surface area (Å²) >= 11 is 3.43. The Bertz CT molecular complexity index is 424. The molecule has 0 amide bonds. The zero-order valence-electron chi connectivity index (χ0n) is 12.8. The third kappa shape index (κ3) is 9.78. The van der Waals surface area contributed by atoms with E-state index in [1.165, 1.54) is 0 Å². The van der Waals surface area contributed by atoms with E-state index in [9.17, 15) is 8.42 Å². The summed E-state index contributed by atoms with van der Waals surface area (Å²) in [4.78, 5) is 0.